The third kappa shape index (κ3) is 3.52. The number of carbonyl (C=O) groups is 2. The molecular formula is C19H24F2N4O2. The number of likely N-dealkylation sites (tertiary alicyclic amines) is 1. The molecule has 0 radical (unpaired) electrons. The highest BCUT2D eigenvalue weighted by atomic mass is 19.3. The Bertz CT molecular complexity index is 880. The molecule has 2 N–H and O–H groups in total. The Kier molecular flexibility index (Phi) is 4.92. The van der Waals surface area contributed by atoms with Gasteiger partial charge in [-0.1, -0.05) is 13.8 Å². The van der Waals surface area contributed by atoms with E-state index in [9.17, 15) is 18.4 Å². The van der Waals surface area contributed by atoms with E-state index in [1.807, 2.05) is 26.8 Å². The number of aromatic nitrogens is 2. The van der Waals surface area contributed by atoms with Crippen molar-refractivity contribution in [3.05, 3.63) is 29.7 Å². The average Bonchev–Trinajstić information content (AvgIpc) is 3.03. The first-order valence-electron chi connectivity index (χ1n) is 9.19. The van der Waals surface area contributed by atoms with Crippen molar-refractivity contribution < 1.29 is 18.4 Å². The number of aromatic amines is 1. The normalized spacial score (nSPS) is 22.5. The van der Waals surface area contributed by atoms with Gasteiger partial charge in [-0.2, -0.15) is 0 Å². The third-order valence-electron chi connectivity index (χ3n) is 5.20. The molecule has 2 amide bonds. The summed E-state index contributed by atoms with van der Waals surface area (Å²) in [6.07, 6.45) is 1.83. The number of halogens is 2. The summed E-state index contributed by atoms with van der Waals surface area (Å²) in [5.74, 6) is -3.39. The van der Waals surface area contributed by atoms with Crippen LogP contribution in [0.5, 0.6) is 0 Å². The van der Waals surface area contributed by atoms with Crippen LogP contribution in [0, 0.1) is 12.3 Å². The van der Waals surface area contributed by atoms with Crippen molar-refractivity contribution in [2.24, 2.45) is 5.41 Å². The van der Waals surface area contributed by atoms with Crippen molar-refractivity contribution >= 4 is 22.7 Å². The van der Waals surface area contributed by atoms with Crippen molar-refractivity contribution in [3.8, 4) is 0 Å². The van der Waals surface area contributed by atoms with Crippen molar-refractivity contribution in [3.63, 3.8) is 0 Å². The van der Waals surface area contributed by atoms with E-state index in [2.05, 4.69) is 15.3 Å². The largest absolute Gasteiger partial charge is 0.349 e. The number of nitrogens with one attached hydrogen (secondary N) is 2. The summed E-state index contributed by atoms with van der Waals surface area (Å²) in [5.41, 5.74) is 0.893. The van der Waals surface area contributed by atoms with E-state index in [0.717, 1.165) is 16.6 Å². The molecule has 2 aliphatic rings. The number of alkyl halides is 2. The van der Waals surface area contributed by atoms with Crippen molar-refractivity contribution in [2.75, 3.05) is 19.6 Å². The van der Waals surface area contributed by atoms with E-state index >= 15 is 0 Å². The fourth-order valence-corrected chi connectivity index (χ4v) is 3.54. The van der Waals surface area contributed by atoms with Gasteiger partial charge in [0.25, 0.3) is 11.8 Å². The number of pyridine rings is 1. The molecule has 146 valence electrons. The lowest BCUT2D eigenvalue weighted by molar-refractivity contribution is -0.129. The Labute approximate surface area is 156 Å². The average molecular weight is 378 g/mol. The van der Waals surface area contributed by atoms with E-state index in [1.54, 1.807) is 12.3 Å². The van der Waals surface area contributed by atoms with E-state index in [1.165, 1.54) is 4.90 Å². The molecule has 2 aromatic heterocycles. The number of nitrogens with zero attached hydrogens (tertiary/aromatic N) is 2. The smallest absolute Gasteiger partial charge is 0.268 e. The SMILES string of the molecule is CC.Cc1cc2cc(C(=O)NCC(=O)N3CCC4(C3)CC4(F)F)[nH]c2cn1. The first-order chi connectivity index (χ1) is 12.8. The highest BCUT2D eigenvalue weighted by Crippen LogP contribution is 2.64. The first kappa shape index (κ1) is 19.3. The fourth-order valence-electron chi connectivity index (χ4n) is 3.54. The van der Waals surface area contributed by atoms with Crippen LogP contribution in [0.1, 0.15) is 42.9 Å². The summed E-state index contributed by atoms with van der Waals surface area (Å²) in [6, 6.07) is 3.55. The highest BCUT2D eigenvalue weighted by molar-refractivity contribution is 5.99. The number of fused-ring (bicyclic) bond motifs is 1. The maximum absolute atomic E-state index is 13.4. The second kappa shape index (κ2) is 6.90. The molecule has 4 rings (SSSR count). The topological polar surface area (TPSA) is 78.1 Å². The van der Waals surface area contributed by atoms with Crippen LogP contribution in [0.15, 0.2) is 18.3 Å². The number of hydrogen-bond acceptors (Lipinski definition) is 3. The van der Waals surface area contributed by atoms with Gasteiger partial charge >= 0.3 is 0 Å². The molecule has 1 spiro atoms. The zero-order valence-electron chi connectivity index (χ0n) is 15.7. The Morgan fingerprint density at radius 3 is 2.67 bits per heavy atom. The second-order valence-corrected chi connectivity index (χ2v) is 7.01. The summed E-state index contributed by atoms with van der Waals surface area (Å²) in [4.78, 5) is 32.9. The zero-order chi connectivity index (χ0) is 19.8. The number of hydrogen-bond donors (Lipinski definition) is 2. The van der Waals surface area contributed by atoms with Gasteiger partial charge in [0.05, 0.1) is 23.7 Å². The Morgan fingerprint density at radius 1 is 1.33 bits per heavy atom. The zero-order valence-corrected chi connectivity index (χ0v) is 15.7. The number of rotatable bonds is 3. The van der Waals surface area contributed by atoms with Crippen LogP contribution < -0.4 is 5.32 Å². The van der Waals surface area contributed by atoms with Gasteiger partial charge < -0.3 is 15.2 Å². The molecule has 1 unspecified atom stereocenters. The number of aryl methyl sites for hydroxylation is 1. The molecule has 3 heterocycles. The summed E-state index contributed by atoms with van der Waals surface area (Å²) >= 11 is 0. The number of carbonyl (C=O) groups excluding carboxylic acids is 2. The Morgan fingerprint density at radius 2 is 2.04 bits per heavy atom. The van der Waals surface area contributed by atoms with Crippen LogP contribution in [0.4, 0.5) is 8.78 Å². The number of amides is 2. The molecule has 1 saturated carbocycles. The molecule has 6 nitrogen and oxygen atoms in total. The maximum Gasteiger partial charge on any atom is 0.268 e. The lowest BCUT2D eigenvalue weighted by Crippen LogP contribution is -2.39. The fraction of sp³-hybridized carbons (Fsp3) is 0.526. The van der Waals surface area contributed by atoms with Gasteiger partial charge in [-0.05, 0) is 25.5 Å². The van der Waals surface area contributed by atoms with E-state index in [4.69, 9.17) is 0 Å². The summed E-state index contributed by atoms with van der Waals surface area (Å²) in [6.45, 7) is 6.05. The third-order valence-corrected chi connectivity index (χ3v) is 5.20. The second-order valence-electron chi connectivity index (χ2n) is 7.01. The van der Waals surface area contributed by atoms with Gasteiger partial charge in [-0.3, -0.25) is 14.6 Å². The van der Waals surface area contributed by atoms with Crippen molar-refractivity contribution in [1.29, 1.82) is 0 Å². The molecule has 1 atom stereocenters. The van der Waals surface area contributed by atoms with Crippen LogP contribution in [0.3, 0.4) is 0 Å². The van der Waals surface area contributed by atoms with Crippen LogP contribution in [-0.2, 0) is 4.79 Å². The molecule has 8 heteroatoms. The minimum Gasteiger partial charge on any atom is -0.349 e. The van der Waals surface area contributed by atoms with Gasteiger partial charge in [0.1, 0.15) is 5.69 Å². The van der Waals surface area contributed by atoms with Gasteiger partial charge in [0, 0.05) is 30.6 Å². The molecule has 2 fully saturated rings. The molecular weight excluding hydrogens is 354 g/mol. The molecule has 1 aliphatic carbocycles. The molecule has 0 aromatic carbocycles. The molecule has 0 bridgehead atoms. The molecule has 1 aliphatic heterocycles. The predicted molar refractivity (Wildman–Crippen MR) is 97.7 cm³/mol. The molecule has 2 aromatic rings. The van der Waals surface area contributed by atoms with Crippen LogP contribution in [0.2, 0.25) is 0 Å². The first-order valence-corrected chi connectivity index (χ1v) is 9.19. The highest BCUT2D eigenvalue weighted by Gasteiger charge is 2.72. The number of H-pyrrole nitrogens is 1. The molecule has 27 heavy (non-hydrogen) atoms. The van der Waals surface area contributed by atoms with Gasteiger partial charge in [0.2, 0.25) is 5.91 Å². The van der Waals surface area contributed by atoms with Crippen LogP contribution in [0.25, 0.3) is 10.9 Å². The van der Waals surface area contributed by atoms with Crippen LogP contribution in [-0.4, -0.2) is 52.2 Å². The van der Waals surface area contributed by atoms with E-state index in [0.29, 0.717) is 18.7 Å². The van der Waals surface area contributed by atoms with Crippen LogP contribution >= 0.6 is 0 Å². The monoisotopic (exact) mass is 378 g/mol. The maximum atomic E-state index is 13.4. The summed E-state index contributed by atoms with van der Waals surface area (Å²) in [7, 11) is 0. The van der Waals surface area contributed by atoms with Crippen molar-refractivity contribution in [2.45, 2.75) is 39.5 Å². The predicted octanol–water partition coefficient (Wildman–Crippen LogP) is 2.89. The van der Waals surface area contributed by atoms with E-state index < -0.39 is 17.2 Å². The van der Waals surface area contributed by atoms with Gasteiger partial charge in [-0.25, -0.2) is 8.78 Å². The summed E-state index contributed by atoms with van der Waals surface area (Å²) < 4.78 is 26.8. The quantitative estimate of drug-likeness (QED) is 0.862. The Balaban J connectivity index is 0.00000102. The van der Waals surface area contributed by atoms with E-state index in [-0.39, 0.29) is 25.4 Å². The minimum atomic E-state index is -2.65. The van der Waals surface area contributed by atoms with Crippen molar-refractivity contribution in [1.82, 2.24) is 20.2 Å². The standard InChI is InChI=1S/C17H18F2N4O2.C2H6/c1-10-4-11-5-12(22-13(11)6-20-10)15(25)21-7-14(24)23-3-2-16(9-23)8-17(16,18)19;1-2/h4-6,22H,2-3,7-9H2,1H3,(H,21,25);1-2H3. The lowest BCUT2D eigenvalue weighted by Gasteiger charge is -2.16. The molecule has 1 saturated heterocycles. The van der Waals surface area contributed by atoms with Gasteiger partial charge in [-0.15, -0.1) is 0 Å². The Hall–Kier alpha value is -2.51. The lowest BCUT2D eigenvalue weighted by atomic mass is 10.1. The summed E-state index contributed by atoms with van der Waals surface area (Å²) in [5, 5.41) is 3.41. The van der Waals surface area contributed by atoms with Gasteiger partial charge in [0.15, 0.2) is 0 Å². The minimum absolute atomic E-state index is 0.0754.